The minimum atomic E-state index is -0.739. The van der Waals surface area contributed by atoms with Crippen LogP contribution in [0.5, 0.6) is 0 Å². The van der Waals surface area contributed by atoms with Crippen LogP contribution in [0.3, 0.4) is 0 Å². The Bertz CT molecular complexity index is 209. The smallest absolute Gasteiger partial charge is 0.234 e. The number of hydrogen-bond acceptors (Lipinski definition) is 3. The molecule has 1 fully saturated rings. The molecule has 0 saturated carbocycles. The molecule has 1 heterocycles. The molecule has 66 valence electrons. The zero-order valence-electron chi connectivity index (χ0n) is 6.67. The van der Waals surface area contributed by atoms with E-state index in [0.29, 0.717) is 0 Å². The van der Waals surface area contributed by atoms with Gasteiger partial charge in [-0.3, -0.25) is 4.79 Å². The second-order valence-electron chi connectivity index (χ2n) is 2.82. The van der Waals surface area contributed by atoms with Gasteiger partial charge in [0.15, 0.2) is 0 Å². The molecular formula is C8H11NO3. The fourth-order valence-electron chi connectivity index (χ4n) is 0.961. The molecule has 0 aliphatic carbocycles. The molecule has 1 amide bonds. The molecule has 0 aromatic carbocycles. The van der Waals surface area contributed by atoms with E-state index in [4.69, 9.17) is 16.3 Å². The molecular weight excluding hydrogens is 158 g/mol. The number of ether oxygens (including phenoxy) is 1. The molecule has 4 heteroatoms. The first-order valence-corrected chi connectivity index (χ1v) is 3.65. The molecule has 1 saturated heterocycles. The molecule has 0 aromatic heterocycles. The van der Waals surface area contributed by atoms with Crippen LogP contribution in [0, 0.1) is 17.8 Å². The highest BCUT2D eigenvalue weighted by atomic mass is 16.5. The molecule has 0 bridgehead atoms. The summed E-state index contributed by atoms with van der Waals surface area (Å²) >= 11 is 0. The van der Waals surface area contributed by atoms with E-state index in [2.05, 4.69) is 11.2 Å². The third-order valence-electron chi connectivity index (χ3n) is 1.89. The van der Waals surface area contributed by atoms with Crippen molar-refractivity contribution in [1.82, 2.24) is 5.32 Å². The van der Waals surface area contributed by atoms with Crippen LogP contribution in [0.4, 0.5) is 0 Å². The van der Waals surface area contributed by atoms with Crippen LogP contribution in [0.2, 0.25) is 0 Å². The van der Waals surface area contributed by atoms with Gasteiger partial charge < -0.3 is 15.2 Å². The number of carbonyl (C=O) groups is 1. The standard InChI is InChI=1S/C8H11NO3/c1-2-3-9-7(11)8(4-10)5-12-6-8/h1,10H,3-6H2,(H,9,11). The molecule has 2 N–H and O–H groups in total. The van der Waals surface area contributed by atoms with E-state index in [-0.39, 0.29) is 32.3 Å². The number of amides is 1. The molecule has 4 nitrogen and oxygen atoms in total. The normalized spacial score (nSPS) is 19.0. The van der Waals surface area contributed by atoms with Gasteiger partial charge in [0.2, 0.25) is 5.91 Å². The van der Waals surface area contributed by atoms with E-state index in [0.717, 1.165) is 0 Å². The zero-order valence-corrected chi connectivity index (χ0v) is 6.67. The van der Waals surface area contributed by atoms with Crippen molar-refractivity contribution >= 4 is 5.91 Å². The van der Waals surface area contributed by atoms with Crippen LogP contribution >= 0.6 is 0 Å². The summed E-state index contributed by atoms with van der Waals surface area (Å²) in [7, 11) is 0. The first-order valence-electron chi connectivity index (χ1n) is 3.65. The maximum atomic E-state index is 11.3. The van der Waals surface area contributed by atoms with E-state index in [1.807, 2.05) is 0 Å². The second-order valence-corrected chi connectivity index (χ2v) is 2.82. The third kappa shape index (κ3) is 1.42. The number of nitrogens with one attached hydrogen (secondary N) is 1. The predicted molar refractivity (Wildman–Crippen MR) is 42.2 cm³/mol. The minimum absolute atomic E-state index is 0.191. The molecule has 0 radical (unpaired) electrons. The van der Waals surface area contributed by atoms with Crippen LogP contribution in [0.15, 0.2) is 0 Å². The van der Waals surface area contributed by atoms with Crippen molar-refractivity contribution in [2.24, 2.45) is 5.41 Å². The van der Waals surface area contributed by atoms with Gasteiger partial charge in [0.1, 0.15) is 5.41 Å². The van der Waals surface area contributed by atoms with Crippen molar-refractivity contribution in [2.75, 3.05) is 26.4 Å². The van der Waals surface area contributed by atoms with Crippen molar-refractivity contribution in [3.05, 3.63) is 0 Å². The van der Waals surface area contributed by atoms with Crippen LogP contribution in [-0.2, 0) is 9.53 Å². The van der Waals surface area contributed by atoms with Crippen molar-refractivity contribution in [1.29, 1.82) is 0 Å². The van der Waals surface area contributed by atoms with Gasteiger partial charge in [0.25, 0.3) is 0 Å². The quantitative estimate of drug-likeness (QED) is 0.519. The fourth-order valence-corrected chi connectivity index (χ4v) is 0.961. The van der Waals surface area contributed by atoms with Gasteiger partial charge in [-0.2, -0.15) is 0 Å². The molecule has 0 spiro atoms. The van der Waals surface area contributed by atoms with E-state index in [1.165, 1.54) is 0 Å². The fraction of sp³-hybridized carbons (Fsp3) is 0.625. The first kappa shape index (κ1) is 9.04. The summed E-state index contributed by atoms with van der Waals surface area (Å²) in [6.45, 7) is 0.559. The average Bonchev–Trinajstić information content (AvgIpc) is 2.00. The van der Waals surface area contributed by atoms with E-state index in [9.17, 15) is 4.79 Å². The lowest BCUT2D eigenvalue weighted by molar-refractivity contribution is -0.169. The lowest BCUT2D eigenvalue weighted by Gasteiger charge is -2.37. The van der Waals surface area contributed by atoms with Gasteiger partial charge in [0.05, 0.1) is 26.4 Å². The average molecular weight is 169 g/mol. The maximum Gasteiger partial charge on any atom is 0.234 e. The van der Waals surface area contributed by atoms with Crippen LogP contribution in [-0.4, -0.2) is 37.4 Å². The number of aliphatic hydroxyl groups excluding tert-OH is 1. The van der Waals surface area contributed by atoms with Crippen molar-refractivity contribution in [3.63, 3.8) is 0 Å². The number of rotatable bonds is 3. The summed E-state index contributed by atoms with van der Waals surface area (Å²) in [5.74, 6) is 2.06. The number of aliphatic hydroxyl groups is 1. The summed E-state index contributed by atoms with van der Waals surface area (Å²) in [4.78, 5) is 11.3. The highest BCUT2D eigenvalue weighted by Crippen LogP contribution is 2.26. The Hall–Kier alpha value is -1.05. The number of carbonyl (C=O) groups excluding carboxylic acids is 1. The van der Waals surface area contributed by atoms with E-state index < -0.39 is 5.41 Å². The molecule has 0 aromatic rings. The Labute approximate surface area is 70.9 Å². The zero-order chi connectivity index (χ0) is 9.03. The van der Waals surface area contributed by atoms with Crippen molar-refractivity contribution in [3.8, 4) is 12.3 Å². The first-order chi connectivity index (χ1) is 5.75. The summed E-state index contributed by atoms with van der Waals surface area (Å²) in [5, 5.41) is 11.4. The number of hydrogen-bond donors (Lipinski definition) is 2. The van der Waals surface area contributed by atoms with Gasteiger partial charge in [-0.15, -0.1) is 6.42 Å². The van der Waals surface area contributed by atoms with Crippen molar-refractivity contribution in [2.45, 2.75) is 0 Å². The van der Waals surface area contributed by atoms with Gasteiger partial charge in [-0.05, 0) is 0 Å². The van der Waals surface area contributed by atoms with Crippen LogP contribution in [0.1, 0.15) is 0 Å². The molecule has 1 aliphatic heterocycles. The molecule has 0 unspecified atom stereocenters. The highest BCUT2D eigenvalue weighted by Gasteiger charge is 2.45. The van der Waals surface area contributed by atoms with Gasteiger partial charge in [0, 0.05) is 0 Å². The largest absolute Gasteiger partial charge is 0.395 e. The molecule has 12 heavy (non-hydrogen) atoms. The van der Waals surface area contributed by atoms with Crippen molar-refractivity contribution < 1.29 is 14.6 Å². The van der Waals surface area contributed by atoms with Crippen LogP contribution in [0.25, 0.3) is 0 Å². The Kier molecular flexibility index (Phi) is 2.69. The van der Waals surface area contributed by atoms with Crippen LogP contribution < -0.4 is 5.32 Å². The number of terminal acetylenes is 1. The predicted octanol–water partition coefficient (Wildman–Crippen LogP) is -1.26. The lowest BCUT2D eigenvalue weighted by atomic mass is 9.86. The SMILES string of the molecule is C#CCNC(=O)C1(CO)COC1. The Morgan fingerprint density at radius 2 is 2.42 bits per heavy atom. The molecule has 0 atom stereocenters. The molecule has 1 rings (SSSR count). The Balaban J connectivity index is 2.44. The van der Waals surface area contributed by atoms with Gasteiger partial charge >= 0.3 is 0 Å². The third-order valence-corrected chi connectivity index (χ3v) is 1.89. The monoisotopic (exact) mass is 169 g/mol. The van der Waals surface area contributed by atoms with E-state index in [1.54, 1.807) is 0 Å². The summed E-state index contributed by atoms with van der Waals surface area (Å²) in [5.41, 5.74) is -0.739. The topological polar surface area (TPSA) is 58.6 Å². The molecule has 1 aliphatic rings. The summed E-state index contributed by atoms with van der Waals surface area (Å²) in [6, 6.07) is 0. The maximum absolute atomic E-state index is 11.3. The van der Waals surface area contributed by atoms with Gasteiger partial charge in [-0.25, -0.2) is 0 Å². The lowest BCUT2D eigenvalue weighted by Crippen LogP contribution is -2.56. The minimum Gasteiger partial charge on any atom is -0.395 e. The highest BCUT2D eigenvalue weighted by molar-refractivity contribution is 5.84. The Morgan fingerprint density at radius 1 is 1.75 bits per heavy atom. The Morgan fingerprint density at radius 3 is 2.75 bits per heavy atom. The summed E-state index contributed by atoms with van der Waals surface area (Å²) in [6.07, 6.45) is 4.96. The van der Waals surface area contributed by atoms with E-state index >= 15 is 0 Å². The summed E-state index contributed by atoms with van der Waals surface area (Å²) < 4.78 is 4.86. The van der Waals surface area contributed by atoms with Gasteiger partial charge in [-0.1, -0.05) is 5.92 Å². The second kappa shape index (κ2) is 3.57.